The molecule has 0 amide bonds. The number of aryl methyl sites for hydroxylation is 1. The van der Waals surface area contributed by atoms with Gasteiger partial charge in [0.25, 0.3) is 0 Å². The molecule has 3 heteroatoms. The third kappa shape index (κ3) is 2.03. The smallest absolute Gasteiger partial charge is 0.143 e. The minimum Gasteiger partial charge on any atom is -0.355 e. The lowest BCUT2D eigenvalue weighted by atomic mass is 10.0. The number of halogens is 1. The van der Waals surface area contributed by atoms with Crippen molar-refractivity contribution in [3.05, 3.63) is 22.3 Å². The van der Waals surface area contributed by atoms with Gasteiger partial charge in [-0.05, 0) is 46.3 Å². The highest BCUT2D eigenvalue weighted by molar-refractivity contribution is 9.10. The Balaban J connectivity index is 2.27. The average Bonchev–Trinajstić information content (AvgIpc) is 2.51. The third-order valence-corrected chi connectivity index (χ3v) is 4.33. The van der Waals surface area contributed by atoms with E-state index in [2.05, 4.69) is 46.6 Å². The maximum atomic E-state index is 4.47. The zero-order chi connectivity index (χ0) is 11.0. The monoisotopic (exact) mass is 268 g/mol. The zero-order valence-electron chi connectivity index (χ0n) is 9.50. The topological polar surface area (TPSA) is 16.1 Å². The summed E-state index contributed by atoms with van der Waals surface area (Å²) >= 11 is 3.63. The molecule has 0 spiro atoms. The first-order valence-corrected chi connectivity index (χ1v) is 6.25. The summed E-state index contributed by atoms with van der Waals surface area (Å²) in [4.78, 5) is 6.85. The molecule has 1 aromatic heterocycles. The van der Waals surface area contributed by atoms with Crippen molar-refractivity contribution in [2.45, 2.75) is 20.8 Å². The van der Waals surface area contributed by atoms with Crippen LogP contribution in [-0.4, -0.2) is 18.1 Å². The van der Waals surface area contributed by atoms with Crippen LogP contribution in [0.25, 0.3) is 0 Å². The summed E-state index contributed by atoms with van der Waals surface area (Å²) in [5.41, 5.74) is 1.26. The molecule has 1 aromatic rings. The van der Waals surface area contributed by atoms with Crippen LogP contribution in [0, 0.1) is 18.8 Å². The first kappa shape index (κ1) is 10.9. The standard InChI is InChI=1S/C12H17BrN2/c1-8-4-5-14-12(11(8)13)15-6-9(2)10(3)7-15/h4-5,9-10H,6-7H2,1-3H3. The Morgan fingerprint density at radius 2 is 1.93 bits per heavy atom. The molecule has 1 saturated heterocycles. The lowest BCUT2D eigenvalue weighted by Gasteiger charge is -2.19. The highest BCUT2D eigenvalue weighted by Crippen LogP contribution is 2.32. The van der Waals surface area contributed by atoms with Crippen LogP contribution in [0.1, 0.15) is 19.4 Å². The largest absolute Gasteiger partial charge is 0.355 e. The number of pyridine rings is 1. The van der Waals surface area contributed by atoms with E-state index in [1.807, 2.05) is 12.3 Å². The molecule has 0 aliphatic carbocycles. The van der Waals surface area contributed by atoms with Crippen molar-refractivity contribution in [1.82, 2.24) is 4.98 Å². The SMILES string of the molecule is Cc1ccnc(N2CC(C)C(C)C2)c1Br. The van der Waals surface area contributed by atoms with Gasteiger partial charge in [-0.25, -0.2) is 4.98 Å². The molecule has 2 atom stereocenters. The predicted molar refractivity (Wildman–Crippen MR) is 67.2 cm³/mol. The van der Waals surface area contributed by atoms with E-state index in [9.17, 15) is 0 Å². The minimum atomic E-state index is 0.763. The molecule has 0 bridgehead atoms. The average molecular weight is 269 g/mol. The normalized spacial score (nSPS) is 26.0. The van der Waals surface area contributed by atoms with E-state index in [0.29, 0.717) is 0 Å². The fourth-order valence-corrected chi connectivity index (χ4v) is 2.53. The van der Waals surface area contributed by atoms with Crippen molar-refractivity contribution in [3.8, 4) is 0 Å². The van der Waals surface area contributed by atoms with Crippen LogP contribution in [0.4, 0.5) is 5.82 Å². The van der Waals surface area contributed by atoms with Crippen LogP contribution in [0.5, 0.6) is 0 Å². The highest BCUT2D eigenvalue weighted by Gasteiger charge is 2.28. The number of hydrogen-bond donors (Lipinski definition) is 0. The van der Waals surface area contributed by atoms with E-state index < -0.39 is 0 Å². The fourth-order valence-electron chi connectivity index (χ4n) is 2.05. The first-order chi connectivity index (χ1) is 7.09. The van der Waals surface area contributed by atoms with Crippen molar-refractivity contribution in [2.75, 3.05) is 18.0 Å². The molecule has 0 radical (unpaired) electrons. The van der Waals surface area contributed by atoms with Crippen LogP contribution >= 0.6 is 15.9 Å². The molecule has 1 aliphatic heterocycles. The van der Waals surface area contributed by atoms with E-state index in [-0.39, 0.29) is 0 Å². The molecule has 2 nitrogen and oxygen atoms in total. The lowest BCUT2D eigenvalue weighted by molar-refractivity contribution is 0.494. The summed E-state index contributed by atoms with van der Waals surface area (Å²) in [6.45, 7) is 8.98. The van der Waals surface area contributed by atoms with Crippen molar-refractivity contribution >= 4 is 21.7 Å². The second kappa shape index (κ2) is 4.12. The van der Waals surface area contributed by atoms with Gasteiger partial charge >= 0.3 is 0 Å². The van der Waals surface area contributed by atoms with Crippen LogP contribution in [0.2, 0.25) is 0 Å². The van der Waals surface area contributed by atoms with Gasteiger partial charge in [0.15, 0.2) is 0 Å². The maximum absolute atomic E-state index is 4.47. The predicted octanol–water partition coefficient (Wildman–Crippen LogP) is 3.24. The van der Waals surface area contributed by atoms with E-state index in [0.717, 1.165) is 35.2 Å². The van der Waals surface area contributed by atoms with Crippen molar-refractivity contribution in [1.29, 1.82) is 0 Å². The Morgan fingerprint density at radius 1 is 1.33 bits per heavy atom. The number of anilines is 1. The van der Waals surface area contributed by atoms with Crippen molar-refractivity contribution in [3.63, 3.8) is 0 Å². The Bertz CT molecular complexity index is 355. The molecule has 1 aliphatic rings. The van der Waals surface area contributed by atoms with Gasteiger partial charge in [-0.1, -0.05) is 13.8 Å². The molecule has 2 heterocycles. The fraction of sp³-hybridized carbons (Fsp3) is 0.583. The molecule has 2 unspecified atom stereocenters. The van der Waals surface area contributed by atoms with Gasteiger partial charge in [0.05, 0.1) is 4.47 Å². The van der Waals surface area contributed by atoms with Gasteiger partial charge < -0.3 is 4.90 Å². The summed E-state index contributed by atoms with van der Waals surface area (Å²) in [6, 6.07) is 2.04. The Kier molecular flexibility index (Phi) is 3.01. The zero-order valence-corrected chi connectivity index (χ0v) is 11.1. The quantitative estimate of drug-likeness (QED) is 0.778. The maximum Gasteiger partial charge on any atom is 0.143 e. The summed E-state index contributed by atoms with van der Waals surface area (Å²) in [7, 11) is 0. The Hall–Kier alpha value is -0.570. The van der Waals surface area contributed by atoms with Gasteiger partial charge in [0, 0.05) is 19.3 Å². The molecule has 0 aromatic carbocycles. The van der Waals surface area contributed by atoms with Crippen LogP contribution < -0.4 is 4.90 Å². The number of rotatable bonds is 1. The van der Waals surface area contributed by atoms with Crippen LogP contribution in [0.15, 0.2) is 16.7 Å². The highest BCUT2D eigenvalue weighted by atomic mass is 79.9. The third-order valence-electron chi connectivity index (χ3n) is 3.35. The van der Waals surface area contributed by atoms with E-state index >= 15 is 0 Å². The van der Waals surface area contributed by atoms with E-state index in [1.165, 1.54) is 5.56 Å². The summed E-state index contributed by atoms with van der Waals surface area (Å²) in [5.74, 6) is 2.63. The molecule has 0 N–H and O–H groups in total. The number of hydrogen-bond acceptors (Lipinski definition) is 2. The van der Waals surface area contributed by atoms with Crippen molar-refractivity contribution in [2.24, 2.45) is 11.8 Å². The molecule has 15 heavy (non-hydrogen) atoms. The Labute approximate surface area is 99.8 Å². The molecule has 0 saturated carbocycles. The van der Waals surface area contributed by atoms with Gasteiger partial charge in [0.2, 0.25) is 0 Å². The molecule has 82 valence electrons. The molecular weight excluding hydrogens is 252 g/mol. The van der Waals surface area contributed by atoms with Crippen LogP contribution in [0.3, 0.4) is 0 Å². The van der Waals surface area contributed by atoms with Gasteiger partial charge in [-0.15, -0.1) is 0 Å². The van der Waals surface area contributed by atoms with Crippen molar-refractivity contribution < 1.29 is 0 Å². The summed E-state index contributed by atoms with van der Waals surface area (Å²) in [6.07, 6.45) is 1.89. The Morgan fingerprint density at radius 3 is 2.53 bits per heavy atom. The number of nitrogens with zero attached hydrogens (tertiary/aromatic N) is 2. The summed E-state index contributed by atoms with van der Waals surface area (Å²) < 4.78 is 1.14. The van der Waals surface area contributed by atoms with Gasteiger partial charge in [0.1, 0.15) is 5.82 Å². The molecular formula is C12H17BrN2. The second-order valence-electron chi connectivity index (χ2n) is 4.62. The van der Waals surface area contributed by atoms with Gasteiger partial charge in [-0.3, -0.25) is 0 Å². The molecule has 1 fully saturated rings. The lowest BCUT2D eigenvalue weighted by Crippen LogP contribution is -2.21. The van der Waals surface area contributed by atoms with E-state index in [1.54, 1.807) is 0 Å². The second-order valence-corrected chi connectivity index (χ2v) is 5.42. The van der Waals surface area contributed by atoms with E-state index in [4.69, 9.17) is 0 Å². The summed E-state index contributed by atoms with van der Waals surface area (Å²) in [5, 5.41) is 0. The molecule has 2 rings (SSSR count). The minimum absolute atomic E-state index is 0.763. The first-order valence-electron chi connectivity index (χ1n) is 5.45. The van der Waals surface area contributed by atoms with Crippen LogP contribution in [-0.2, 0) is 0 Å². The van der Waals surface area contributed by atoms with Gasteiger partial charge in [-0.2, -0.15) is 0 Å². The number of aromatic nitrogens is 1.